The minimum Gasteiger partial charge on any atom is -0.357 e. The van der Waals surface area contributed by atoms with Crippen molar-refractivity contribution < 1.29 is 14.4 Å². The van der Waals surface area contributed by atoms with Gasteiger partial charge in [0, 0.05) is 19.2 Å². The predicted octanol–water partition coefficient (Wildman–Crippen LogP) is 0.844. The van der Waals surface area contributed by atoms with Crippen LogP contribution >= 0.6 is 0 Å². The average molecular weight is 277 g/mol. The Morgan fingerprint density at radius 3 is 2.65 bits per heavy atom. The van der Waals surface area contributed by atoms with E-state index in [0.29, 0.717) is 18.7 Å². The van der Waals surface area contributed by atoms with Crippen LogP contribution in [0.2, 0.25) is 0 Å². The number of aromatic nitrogens is 1. The molecule has 108 valence electrons. The minimum absolute atomic E-state index is 0.157. The molecule has 0 saturated carbocycles. The largest absolute Gasteiger partial charge is 0.357 e. The maximum absolute atomic E-state index is 12.2. The molecule has 0 bridgehead atoms. The van der Waals surface area contributed by atoms with E-state index in [1.165, 1.54) is 0 Å². The smallest absolute Gasteiger partial charge is 0.271 e. The van der Waals surface area contributed by atoms with Crippen molar-refractivity contribution in [2.45, 2.75) is 39.2 Å². The van der Waals surface area contributed by atoms with Gasteiger partial charge in [-0.1, -0.05) is 13.8 Å². The van der Waals surface area contributed by atoms with Crippen LogP contribution in [0.3, 0.4) is 0 Å². The Labute approximate surface area is 117 Å². The summed E-state index contributed by atoms with van der Waals surface area (Å²) in [6.07, 6.45) is 3.17. The van der Waals surface area contributed by atoms with E-state index in [0.717, 1.165) is 12.0 Å². The lowest BCUT2D eigenvalue weighted by Crippen LogP contribution is -2.55. The van der Waals surface area contributed by atoms with Gasteiger partial charge in [-0.25, -0.2) is 0 Å². The van der Waals surface area contributed by atoms with Crippen molar-refractivity contribution in [3.8, 4) is 0 Å². The molecule has 1 aromatic rings. The third-order valence-corrected chi connectivity index (χ3v) is 3.52. The second-order valence-corrected chi connectivity index (χ2v) is 4.59. The monoisotopic (exact) mass is 277 g/mol. The number of rotatable bonds is 1. The highest BCUT2D eigenvalue weighted by atomic mass is 16.2. The lowest BCUT2D eigenvalue weighted by molar-refractivity contribution is -0.136. The molecule has 1 fully saturated rings. The van der Waals surface area contributed by atoms with Crippen LogP contribution in [-0.4, -0.2) is 40.2 Å². The van der Waals surface area contributed by atoms with Crippen molar-refractivity contribution >= 4 is 17.7 Å². The lowest BCUT2D eigenvalue weighted by Gasteiger charge is -2.35. The van der Waals surface area contributed by atoms with Crippen molar-refractivity contribution in [1.29, 1.82) is 0 Å². The van der Waals surface area contributed by atoms with Crippen molar-refractivity contribution in [3.05, 3.63) is 23.5 Å². The highest BCUT2D eigenvalue weighted by Gasteiger charge is 2.37. The molecule has 1 aromatic heterocycles. The Morgan fingerprint density at radius 2 is 1.95 bits per heavy atom. The average Bonchev–Trinajstić information content (AvgIpc) is 2.92. The fourth-order valence-electron chi connectivity index (χ4n) is 2.57. The molecule has 2 aliphatic rings. The van der Waals surface area contributed by atoms with Crippen molar-refractivity contribution in [2.75, 3.05) is 6.54 Å². The normalized spacial score (nSPS) is 21.8. The highest BCUT2D eigenvalue weighted by molar-refractivity contribution is 6.04. The molecular weight excluding hydrogens is 258 g/mol. The van der Waals surface area contributed by atoms with Crippen LogP contribution in [-0.2, 0) is 16.0 Å². The SMILES string of the molecule is CC.O=C1CCC(N2CCc3cc[nH]c3C2=O)C(=O)N1. The standard InChI is InChI=1S/C12H13N3O3.C2H6/c16-9-2-1-8(11(17)14-9)15-6-4-7-3-5-13-10(7)12(15)18;1-2/h3,5,8,13H,1-2,4,6H2,(H,14,16,17);1-2H3. The summed E-state index contributed by atoms with van der Waals surface area (Å²) in [5.41, 5.74) is 1.55. The number of nitrogens with one attached hydrogen (secondary N) is 2. The fraction of sp³-hybridized carbons (Fsp3) is 0.500. The summed E-state index contributed by atoms with van der Waals surface area (Å²) in [5.74, 6) is -0.786. The Kier molecular flexibility index (Phi) is 4.22. The van der Waals surface area contributed by atoms with E-state index in [1.807, 2.05) is 19.9 Å². The number of nitrogens with zero attached hydrogens (tertiary/aromatic N) is 1. The molecule has 3 heterocycles. The Balaban J connectivity index is 0.000000704. The van der Waals surface area contributed by atoms with Gasteiger partial charge < -0.3 is 9.88 Å². The van der Waals surface area contributed by atoms with Gasteiger partial charge in [-0.05, 0) is 24.5 Å². The number of imide groups is 1. The number of carbonyl (C=O) groups excluding carboxylic acids is 3. The first-order valence-corrected chi connectivity index (χ1v) is 6.98. The topological polar surface area (TPSA) is 82.3 Å². The summed E-state index contributed by atoms with van der Waals surface area (Å²) in [7, 11) is 0. The molecule has 0 aromatic carbocycles. The molecule has 1 unspecified atom stereocenters. The summed E-state index contributed by atoms with van der Waals surface area (Å²) in [5, 5.41) is 2.28. The van der Waals surface area contributed by atoms with Gasteiger partial charge >= 0.3 is 0 Å². The number of piperidine rings is 1. The molecule has 6 nitrogen and oxygen atoms in total. The highest BCUT2D eigenvalue weighted by Crippen LogP contribution is 2.22. The quantitative estimate of drug-likeness (QED) is 0.746. The van der Waals surface area contributed by atoms with Crippen LogP contribution in [0.5, 0.6) is 0 Å². The summed E-state index contributed by atoms with van der Waals surface area (Å²) in [6, 6.07) is 1.36. The maximum Gasteiger partial charge on any atom is 0.271 e. The van der Waals surface area contributed by atoms with E-state index in [2.05, 4.69) is 10.3 Å². The number of hydrogen-bond donors (Lipinski definition) is 2. The molecule has 1 atom stereocenters. The molecule has 0 radical (unpaired) electrons. The van der Waals surface area contributed by atoms with Crippen molar-refractivity contribution in [2.24, 2.45) is 0 Å². The van der Waals surface area contributed by atoms with Crippen LogP contribution in [0.25, 0.3) is 0 Å². The van der Waals surface area contributed by atoms with Crippen LogP contribution in [0.4, 0.5) is 0 Å². The van der Waals surface area contributed by atoms with Crippen LogP contribution < -0.4 is 5.32 Å². The van der Waals surface area contributed by atoms with E-state index in [9.17, 15) is 14.4 Å². The number of fused-ring (bicyclic) bond motifs is 1. The third kappa shape index (κ3) is 2.45. The Morgan fingerprint density at radius 1 is 1.20 bits per heavy atom. The summed E-state index contributed by atoms with van der Waals surface area (Å²) in [4.78, 5) is 39.6. The molecule has 6 heteroatoms. The summed E-state index contributed by atoms with van der Waals surface area (Å²) in [6.45, 7) is 4.52. The third-order valence-electron chi connectivity index (χ3n) is 3.52. The number of hydrogen-bond acceptors (Lipinski definition) is 3. The molecule has 0 aliphatic carbocycles. The fourth-order valence-corrected chi connectivity index (χ4v) is 2.57. The summed E-state index contributed by atoms with van der Waals surface area (Å²) < 4.78 is 0. The predicted molar refractivity (Wildman–Crippen MR) is 73.1 cm³/mol. The molecule has 1 saturated heterocycles. The van der Waals surface area contributed by atoms with E-state index in [4.69, 9.17) is 0 Å². The number of H-pyrrole nitrogens is 1. The first-order chi connectivity index (χ1) is 9.66. The van der Waals surface area contributed by atoms with Gasteiger partial charge in [-0.3, -0.25) is 19.7 Å². The molecule has 20 heavy (non-hydrogen) atoms. The van der Waals surface area contributed by atoms with Gasteiger partial charge in [0.1, 0.15) is 11.7 Å². The number of carbonyl (C=O) groups is 3. The molecule has 2 aliphatic heterocycles. The zero-order valence-corrected chi connectivity index (χ0v) is 11.7. The van der Waals surface area contributed by atoms with Gasteiger partial charge in [-0.2, -0.15) is 0 Å². The molecule has 3 amide bonds. The second kappa shape index (κ2) is 5.90. The second-order valence-electron chi connectivity index (χ2n) is 4.59. The minimum atomic E-state index is -0.522. The van der Waals surface area contributed by atoms with Crippen LogP contribution in [0, 0.1) is 0 Å². The molecule has 3 rings (SSSR count). The van der Waals surface area contributed by atoms with Crippen LogP contribution in [0.1, 0.15) is 42.7 Å². The van der Waals surface area contributed by atoms with Gasteiger partial charge in [-0.15, -0.1) is 0 Å². The van der Waals surface area contributed by atoms with Gasteiger partial charge in [0.2, 0.25) is 11.8 Å². The Hall–Kier alpha value is -2.11. The van der Waals surface area contributed by atoms with Crippen molar-refractivity contribution in [1.82, 2.24) is 15.2 Å². The first-order valence-electron chi connectivity index (χ1n) is 6.98. The van der Waals surface area contributed by atoms with Crippen molar-refractivity contribution in [3.63, 3.8) is 0 Å². The van der Waals surface area contributed by atoms with Gasteiger partial charge in [0.15, 0.2) is 0 Å². The van der Waals surface area contributed by atoms with E-state index >= 15 is 0 Å². The number of aromatic amines is 1. The van der Waals surface area contributed by atoms with E-state index in [1.54, 1.807) is 11.1 Å². The number of amides is 3. The van der Waals surface area contributed by atoms with Crippen LogP contribution in [0.15, 0.2) is 12.3 Å². The molecule has 2 N–H and O–H groups in total. The maximum atomic E-state index is 12.2. The lowest BCUT2D eigenvalue weighted by atomic mass is 9.99. The molecule has 0 spiro atoms. The first kappa shape index (κ1) is 14.3. The summed E-state index contributed by atoms with van der Waals surface area (Å²) >= 11 is 0. The zero-order chi connectivity index (χ0) is 14.7. The van der Waals surface area contributed by atoms with Gasteiger partial charge in [0.05, 0.1) is 0 Å². The Bertz CT molecular complexity index is 536. The molecular formula is C14H19N3O3. The zero-order valence-electron chi connectivity index (χ0n) is 11.7. The van der Waals surface area contributed by atoms with E-state index < -0.39 is 6.04 Å². The van der Waals surface area contributed by atoms with Gasteiger partial charge in [0.25, 0.3) is 5.91 Å². The van der Waals surface area contributed by atoms with E-state index in [-0.39, 0.29) is 24.1 Å².